The van der Waals surface area contributed by atoms with Gasteiger partial charge in [-0.05, 0) is 36.8 Å². The van der Waals surface area contributed by atoms with E-state index in [0.29, 0.717) is 11.5 Å². The summed E-state index contributed by atoms with van der Waals surface area (Å²) in [7, 11) is 0. The topological polar surface area (TPSA) is 76.7 Å². The van der Waals surface area contributed by atoms with Gasteiger partial charge in [0, 0.05) is 6.54 Å². The van der Waals surface area contributed by atoms with E-state index in [1.807, 2.05) is 0 Å². The summed E-state index contributed by atoms with van der Waals surface area (Å²) in [5.41, 5.74) is 0.530. The molecule has 0 fully saturated rings. The summed E-state index contributed by atoms with van der Waals surface area (Å²) in [5, 5.41) is 5.12. The minimum absolute atomic E-state index is 0.0181. The lowest BCUT2D eigenvalue weighted by atomic mass is 10.1. The van der Waals surface area contributed by atoms with E-state index < -0.39 is 23.7 Å². The lowest BCUT2D eigenvalue weighted by molar-refractivity contribution is -0.122. The monoisotopic (exact) mass is 378 g/mol. The molecule has 26 heavy (non-hydrogen) atoms. The molecule has 2 N–H and O–H groups in total. The zero-order valence-corrected chi connectivity index (χ0v) is 14.6. The fraction of sp³-hybridized carbons (Fsp3) is 0.222. The highest BCUT2D eigenvalue weighted by atomic mass is 35.5. The predicted octanol–water partition coefficient (Wildman–Crippen LogP) is 2.64. The van der Waals surface area contributed by atoms with Gasteiger partial charge in [-0.1, -0.05) is 23.7 Å². The standard InChI is InChI=1S/C18H16ClFN2O4/c1-10(22-18(24)16-12(19)3-2-4-13(16)20)17(23)21-8-11-5-6-14-15(7-11)26-9-25-14/h2-7,10H,8-9H2,1H3,(H,21,23)(H,22,24)/t10-/m1/s1. The molecule has 0 aliphatic carbocycles. The number of rotatable bonds is 5. The Morgan fingerprint density at radius 2 is 2.00 bits per heavy atom. The van der Waals surface area contributed by atoms with Crippen LogP contribution < -0.4 is 20.1 Å². The molecule has 2 aromatic rings. The van der Waals surface area contributed by atoms with E-state index in [-0.39, 0.29) is 23.9 Å². The molecule has 6 nitrogen and oxygen atoms in total. The summed E-state index contributed by atoms with van der Waals surface area (Å²) in [6.45, 7) is 1.92. The van der Waals surface area contributed by atoms with Gasteiger partial charge in [0.15, 0.2) is 11.5 Å². The van der Waals surface area contributed by atoms with Gasteiger partial charge < -0.3 is 20.1 Å². The molecule has 0 saturated heterocycles. The van der Waals surface area contributed by atoms with E-state index in [9.17, 15) is 14.0 Å². The summed E-state index contributed by atoms with van der Waals surface area (Å²) in [5.74, 6) is -0.639. The molecule has 0 bridgehead atoms. The number of carbonyl (C=O) groups is 2. The number of hydrogen-bond acceptors (Lipinski definition) is 4. The van der Waals surface area contributed by atoms with Gasteiger partial charge in [-0.2, -0.15) is 0 Å². The quantitative estimate of drug-likeness (QED) is 0.838. The second kappa shape index (κ2) is 7.61. The first-order chi connectivity index (χ1) is 12.5. The van der Waals surface area contributed by atoms with Crippen molar-refractivity contribution >= 4 is 23.4 Å². The first-order valence-electron chi connectivity index (χ1n) is 7.87. The van der Waals surface area contributed by atoms with Crippen molar-refractivity contribution in [2.45, 2.75) is 19.5 Å². The molecule has 0 radical (unpaired) electrons. The van der Waals surface area contributed by atoms with Gasteiger partial charge in [0.2, 0.25) is 12.7 Å². The van der Waals surface area contributed by atoms with Gasteiger partial charge >= 0.3 is 0 Å². The van der Waals surface area contributed by atoms with Crippen LogP contribution in [0.2, 0.25) is 5.02 Å². The predicted molar refractivity (Wildman–Crippen MR) is 92.7 cm³/mol. The van der Waals surface area contributed by atoms with Gasteiger partial charge in [-0.3, -0.25) is 9.59 Å². The van der Waals surface area contributed by atoms with Crippen molar-refractivity contribution in [1.29, 1.82) is 0 Å². The van der Waals surface area contributed by atoms with Gasteiger partial charge in [0.25, 0.3) is 5.91 Å². The van der Waals surface area contributed by atoms with Crippen molar-refractivity contribution in [3.8, 4) is 11.5 Å². The van der Waals surface area contributed by atoms with E-state index in [4.69, 9.17) is 21.1 Å². The molecule has 0 spiro atoms. The molecular formula is C18H16ClFN2O4. The number of ether oxygens (including phenoxy) is 2. The summed E-state index contributed by atoms with van der Waals surface area (Å²) >= 11 is 5.85. The number of fused-ring (bicyclic) bond motifs is 1. The van der Waals surface area contributed by atoms with Crippen LogP contribution in [0.4, 0.5) is 4.39 Å². The van der Waals surface area contributed by atoms with Crippen LogP contribution in [0, 0.1) is 5.82 Å². The van der Waals surface area contributed by atoms with Crippen LogP contribution in [0.15, 0.2) is 36.4 Å². The Morgan fingerprint density at radius 1 is 1.23 bits per heavy atom. The Kier molecular flexibility index (Phi) is 5.27. The lowest BCUT2D eigenvalue weighted by Gasteiger charge is -2.15. The molecule has 136 valence electrons. The summed E-state index contributed by atoms with van der Waals surface area (Å²) in [6, 6.07) is 8.40. The molecule has 0 aromatic heterocycles. The van der Waals surface area contributed by atoms with E-state index in [0.717, 1.165) is 11.6 Å². The Hall–Kier alpha value is -2.80. The number of carbonyl (C=O) groups excluding carboxylic acids is 2. The highest BCUT2D eigenvalue weighted by molar-refractivity contribution is 6.33. The number of halogens is 2. The third-order valence-electron chi connectivity index (χ3n) is 3.83. The molecule has 2 aromatic carbocycles. The highest BCUT2D eigenvalue weighted by Gasteiger charge is 2.21. The maximum Gasteiger partial charge on any atom is 0.256 e. The van der Waals surface area contributed by atoms with Crippen LogP contribution >= 0.6 is 11.6 Å². The Labute approximate surface area is 154 Å². The smallest absolute Gasteiger partial charge is 0.256 e. The number of amides is 2. The minimum Gasteiger partial charge on any atom is -0.454 e. The summed E-state index contributed by atoms with van der Waals surface area (Å²) in [6.07, 6.45) is 0. The van der Waals surface area contributed by atoms with E-state index in [1.165, 1.54) is 19.1 Å². The zero-order chi connectivity index (χ0) is 18.7. The van der Waals surface area contributed by atoms with Crippen molar-refractivity contribution in [3.05, 3.63) is 58.4 Å². The van der Waals surface area contributed by atoms with Gasteiger partial charge in [0.05, 0.1) is 10.6 Å². The van der Waals surface area contributed by atoms with Crippen molar-refractivity contribution in [1.82, 2.24) is 10.6 Å². The first kappa shape index (κ1) is 18.0. The zero-order valence-electron chi connectivity index (χ0n) is 13.8. The maximum absolute atomic E-state index is 13.8. The average Bonchev–Trinajstić information content (AvgIpc) is 3.07. The molecule has 1 atom stereocenters. The maximum atomic E-state index is 13.8. The second-order valence-electron chi connectivity index (χ2n) is 5.70. The number of nitrogens with one attached hydrogen (secondary N) is 2. The van der Waals surface area contributed by atoms with E-state index >= 15 is 0 Å². The fourth-order valence-electron chi connectivity index (χ4n) is 2.44. The summed E-state index contributed by atoms with van der Waals surface area (Å²) < 4.78 is 24.3. The van der Waals surface area contributed by atoms with Crippen molar-refractivity contribution in [2.75, 3.05) is 6.79 Å². The molecule has 0 saturated carbocycles. The summed E-state index contributed by atoms with van der Waals surface area (Å²) in [4.78, 5) is 24.3. The van der Waals surface area contributed by atoms with Crippen molar-refractivity contribution in [2.24, 2.45) is 0 Å². The fourth-order valence-corrected chi connectivity index (χ4v) is 2.69. The Balaban J connectivity index is 1.57. The first-order valence-corrected chi connectivity index (χ1v) is 8.24. The van der Waals surface area contributed by atoms with Crippen LogP contribution in [0.1, 0.15) is 22.8 Å². The molecule has 2 amide bonds. The Bertz CT molecular complexity index is 839. The van der Waals surface area contributed by atoms with Crippen LogP contribution in [-0.4, -0.2) is 24.6 Å². The minimum atomic E-state index is -0.868. The number of benzene rings is 2. The molecule has 1 heterocycles. The number of hydrogen-bond donors (Lipinski definition) is 2. The molecule has 1 aliphatic heterocycles. The molecule has 3 rings (SSSR count). The normalized spacial score (nSPS) is 13.2. The molecule has 1 aliphatic rings. The SMILES string of the molecule is C[C@@H](NC(=O)c1c(F)cccc1Cl)C(=O)NCc1ccc2c(c1)OCO2. The van der Waals surface area contributed by atoms with E-state index in [2.05, 4.69) is 10.6 Å². The highest BCUT2D eigenvalue weighted by Crippen LogP contribution is 2.32. The third-order valence-corrected chi connectivity index (χ3v) is 4.15. The van der Waals surface area contributed by atoms with Crippen molar-refractivity contribution < 1.29 is 23.5 Å². The Morgan fingerprint density at radius 3 is 2.77 bits per heavy atom. The van der Waals surface area contributed by atoms with Crippen LogP contribution in [0.5, 0.6) is 11.5 Å². The van der Waals surface area contributed by atoms with Crippen LogP contribution in [0.3, 0.4) is 0 Å². The van der Waals surface area contributed by atoms with Crippen LogP contribution in [-0.2, 0) is 11.3 Å². The largest absolute Gasteiger partial charge is 0.454 e. The van der Waals surface area contributed by atoms with E-state index in [1.54, 1.807) is 18.2 Å². The second-order valence-corrected chi connectivity index (χ2v) is 6.10. The lowest BCUT2D eigenvalue weighted by Crippen LogP contribution is -2.44. The average molecular weight is 379 g/mol. The molecule has 8 heteroatoms. The van der Waals surface area contributed by atoms with Gasteiger partial charge in [-0.15, -0.1) is 0 Å². The van der Waals surface area contributed by atoms with Gasteiger partial charge in [0.1, 0.15) is 11.9 Å². The van der Waals surface area contributed by atoms with Crippen molar-refractivity contribution in [3.63, 3.8) is 0 Å². The van der Waals surface area contributed by atoms with Gasteiger partial charge in [-0.25, -0.2) is 4.39 Å². The molecular weight excluding hydrogens is 363 g/mol. The third kappa shape index (κ3) is 3.88. The van der Waals surface area contributed by atoms with Crippen LogP contribution in [0.25, 0.3) is 0 Å². The molecule has 0 unspecified atom stereocenters.